The first-order chi connectivity index (χ1) is 13.4. The van der Waals surface area contributed by atoms with E-state index in [0.717, 1.165) is 0 Å². The maximum atomic E-state index is 12.6. The molecule has 0 atom stereocenters. The highest BCUT2D eigenvalue weighted by molar-refractivity contribution is 6.25. The molecule has 9 heteroatoms. The summed E-state index contributed by atoms with van der Waals surface area (Å²) in [6.45, 7) is 12.0. The fourth-order valence-electron chi connectivity index (χ4n) is 2.93. The zero-order valence-corrected chi connectivity index (χ0v) is 17.1. The van der Waals surface area contributed by atoms with Crippen LogP contribution in [0.15, 0.2) is 30.4 Å². The van der Waals surface area contributed by atoms with Crippen molar-refractivity contribution in [3.8, 4) is 0 Å². The van der Waals surface area contributed by atoms with E-state index in [1.807, 2.05) is 4.90 Å². The smallest absolute Gasteiger partial charge is 0.342 e. The Labute approximate surface area is 169 Å². The van der Waals surface area contributed by atoms with E-state index < -0.39 is 33.5 Å². The molecule has 156 valence electrons. The van der Waals surface area contributed by atoms with Crippen molar-refractivity contribution in [2.24, 2.45) is 0 Å². The summed E-state index contributed by atoms with van der Waals surface area (Å²) in [5.74, 6) is -1.78. The number of nitro benzene ring substituents is 1. The highest BCUT2D eigenvalue weighted by atomic mass is 16.6. The molecule has 0 spiro atoms. The molecule has 1 aliphatic heterocycles. The first kappa shape index (κ1) is 22.1. The van der Waals surface area contributed by atoms with Crippen molar-refractivity contribution in [3.05, 3.63) is 46.0 Å². The molecular weight excluding hydrogens is 378 g/mol. The summed E-state index contributed by atoms with van der Waals surface area (Å²) in [6, 6.07) is 4.22. The molecular formula is C20H25N3O6. The minimum Gasteiger partial charge on any atom is -0.456 e. The number of piperazine rings is 1. The predicted octanol–water partition coefficient (Wildman–Crippen LogP) is 2.34. The Morgan fingerprint density at radius 1 is 1.14 bits per heavy atom. The highest BCUT2D eigenvalue weighted by Gasteiger charge is 2.30. The number of benzene rings is 1. The molecule has 1 aromatic carbocycles. The van der Waals surface area contributed by atoms with Gasteiger partial charge in [-0.15, -0.1) is 0 Å². The first-order valence-electron chi connectivity index (χ1n) is 9.16. The number of esters is 1. The van der Waals surface area contributed by atoms with Gasteiger partial charge in [-0.2, -0.15) is 0 Å². The Bertz CT molecular complexity index is 863. The van der Waals surface area contributed by atoms with E-state index in [0.29, 0.717) is 31.9 Å². The van der Waals surface area contributed by atoms with Gasteiger partial charge in [0.2, 0.25) is 11.7 Å². The van der Waals surface area contributed by atoms with Gasteiger partial charge >= 0.3 is 5.97 Å². The largest absolute Gasteiger partial charge is 0.456 e. The minimum atomic E-state index is -0.916. The standard InChI is InChI=1S/C20H25N3O6/c1-13(19(26)29-20(3,4)5)18(25)16-7-6-15(12-17(16)23(27)28)22-10-8-21(9-11-22)14(2)24/h6-7,12H,1,8-11H2,2-5H3. The van der Waals surface area contributed by atoms with Crippen LogP contribution >= 0.6 is 0 Å². The molecule has 1 saturated heterocycles. The molecule has 0 saturated carbocycles. The average molecular weight is 403 g/mol. The molecule has 0 unspecified atom stereocenters. The third kappa shape index (κ3) is 5.40. The number of carbonyl (C=O) groups excluding carboxylic acids is 3. The minimum absolute atomic E-state index is 0.0165. The van der Waals surface area contributed by atoms with Crippen LogP contribution in [0.25, 0.3) is 0 Å². The monoisotopic (exact) mass is 403 g/mol. The number of nitro groups is 1. The second-order valence-electron chi connectivity index (χ2n) is 7.76. The molecule has 0 radical (unpaired) electrons. The molecule has 1 heterocycles. The molecule has 1 aromatic rings. The fraction of sp³-hybridized carbons (Fsp3) is 0.450. The van der Waals surface area contributed by atoms with Crippen LogP contribution in [0.4, 0.5) is 11.4 Å². The second-order valence-corrected chi connectivity index (χ2v) is 7.76. The summed E-state index contributed by atoms with van der Waals surface area (Å²) in [5, 5.41) is 11.6. The van der Waals surface area contributed by atoms with E-state index in [-0.39, 0.29) is 11.5 Å². The quantitative estimate of drug-likeness (QED) is 0.141. The summed E-state index contributed by atoms with van der Waals surface area (Å²) in [5.41, 5.74) is -1.36. The zero-order valence-electron chi connectivity index (χ0n) is 17.1. The van der Waals surface area contributed by atoms with Gasteiger partial charge in [-0.25, -0.2) is 4.79 Å². The van der Waals surface area contributed by atoms with E-state index >= 15 is 0 Å². The van der Waals surface area contributed by atoms with Gasteiger partial charge in [0, 0.05) is 44.9 Å². The van der Waals surface area contributed by atoms with Crippen LogP contribution in [-0.4, -0.2) is 59.3 Å². The maximum Gasteiger partial charge on any atom is 0.342 e. The van der Waals surface area contributed by atoms with Crippen molar-refractivity contribution >= 4 is 29.0 Å². The number of nitrogens with zero attached hydrogens (tertiary/aromatic N) is 3. The Morgan fingerprint density at radius 2 is 1.72 bits per heavy atom. The number of rotatable bonds is 5. The summed E-state index contributed by atoms with van der Waals surface area (Å²) in [6.07, 6.45) is 0. The van der Waals surface area contributed by atoms with E-state index in [1.54, 1.807) is 31.7 Å². The van der Waals surface area contributed by atoms with Crippen molar-refractivity contribution in [2.75, 3.05) is 31.1 Å². The van der Waals surface area contributed by atoms with E-state index in [1.165, 1.54) is 19.1 Å². The predicted molar refractivity (Wildman–Crippen MR) is 107 cm³/mol. The molecule has 1 fully saturated rings. The van der Waals surface area contributed by atoms with Crippen LogP contribution in [0, 0.1) is 10.1 Å². The molecule has 0 bridgehead atoms. The van der Waals surface area contributed by atoms with Gasteiger partial charge in [0.15, 0.2) is 0 Å². The molecule has 9 nitrogen and oxygen atoms in total. The fourth-order valence-corrected chi connectivity index (χ4v) is 2.93. The lowest BCUT2D eigenvalue weighted by atomic mass is 10.0. The van der Waals surface area contributed by atoms with Gasteiger partial charge in [0.25, 0.3) is 5.69 Å². The number of ketones is 1. The zero-order chi connectivity index (χ0) is 21.9. The molecule has 1 aliphatic rings. The molecule has 29 heavy (non-hydrogen) atoms. The lowest BCUT2D eigenvalue weighted by Gasteiger charge is -2.35. The Balaban J connectivity index is 2.25. The number of amides is 1. The van der Waals surface area contributed by atoms with Crippen LogP contribution in [0.2, 0.25) is 0 Å². The van der Waals surface area contributed by atoms with Crippen molar-refractivity contribution in [1.29, 1.82) is 0 Å². The lowest BCUT2D eigenvalue weighted by Crippen LogP contribution is -2.48. The Hall–Kier alpha value is -3.23. The Morgan fingerprint density at radius 3 is 2.21 bits per heavy atom. The summed E-state index contributed by atoms with van der Waals surface area (Å²) in [4.78, 5) is 50.7. The third-order valence-corrected chi connectivity index (χ3v) is 4.43. The topological polar surface area (TPSA) is 110 Å². The summed E-state index contributed by atoms with van der Waals surface area (Å²) < 4.78 is 5.12. The van der Waals surface area contributed by atoms with Crippen molar-refractivity contribution in [2.45, 2.75) is 33.3 Å². The number of carbonyl (C=O) groups is 3. The maximum absolute atomic E-state index is 12.6. The highest BCUT2D eigenvalue weighted by Crippen LogP contribution is 2.28. The number of anilines is 1. The van der Waals surface area contributed by atoms with Crippen molar-refractivity contribution < 1.29 is 24.0 Å². The molecule has 2 rings (SSSR count). The number of hydrogen-bond acceptors (Lipinski definition) is 7. The average Bonchev–Trinajstić information content (AvgIpc) is 2.65. The van der Waals surface area contributed by atoms with Gasteiger partial charge in [0.1, 0.15) is 16.7 Å². The van der Waals surface area contributed by atoms with E-state index in [2.05, 4.69) is 6.58 Å². The number of ether oxygens (including phenoxy) is 1. The van der Waals surface area contributed by atoms with Gasteiger partial charge in [-0.1, -0.05) is 6.58 Å². The first-order valence-corrected chi connectivity index (χ1v) is 9.16. The Kier molecular flexibility index (Phi) is 6.41. The van der Waals surface area contributed by atoms with Gasteiger partial charge in [0.05, 0.1) is 4.92 Å². The van der Waals surface area contributed by atoms with Crippen molar-refractivity contribution in [1.82, 2.24) is 4.90 Å². The third-order valence-electron chi connectivity index (χ3n) is 4.43. The van der Waals surface area contributed by atoms with Crippen LogP contribution in [0.3, 0.4) is 0 Å². The van der Waals surface area contributed by atoms with Gasteiger partial charge in [-0.3, -0.25) is 19.7 Å². The molecule has 0 aliphatic carbocycles. The lowest BCUT2D eigenvalue weighted by molar-refractivity contribution is -0.385. The summed E-state index contributed by atoms with van der Waals surface area (Å²) >= 11 is 0. The SMILES string of the molecule is C=C(C(=O)OC(C)(C)C)C(=O)c1ccc(N2CCN(C(C)=O)CC2)cc1[N+](=O)[O-]. The number of Topliss-reactive ketones (excluding diaryl/α,β-unsaturated/α-hetero) is 1. The van der Waals surface area contributed by atoms with E-state index in [4.69, 9.17) is 4.74 Å². The molecule has 0 N–H and O–H groups in total. The van der Waals surface area contributed by atoms with Crippen LogP contribution in [-0.2, 0) is 14.3 Å². The van der Waals surface area contributed by atoms with Crippen LogP contribution in [0.5, 0.6) is 0 Å². The molecule has 0 aromatic heterocycles. The van der Waals surface area contributed by atoms with Crippen molar-refractivity contribution in [3.63, 3.8) is 0 Å². The van der Waals surface area contributed by atoms with Crippen LogP contribution < -0.4 is 4.90 Å². The van der Waals surface area contributed by atoms with E-state index in [9.17, 15) is 24.5 Å². The molecule has 1 amide bonds. The van der Waals surface area contributed by atoms with Gasteiger partial charge in [-0.05, 0) is 32.9 Å². The van der Waals surface area contributed by atoms with Gasteiger partial charge < -0.3 is 14.5 Å². The summed E-state index contributed by atoms with van der Waals surface area (Å²) in [7, 11) is 0. The van der Waals surface area contributed by atoms with Crippen LogP contribution in [0.1, 0.15) is 38.1 Å². The second kappa shape index (κ2) is 8.42. The number of hydrogen-bond donors (Lipinski definition) is 0. The normalized spacial score (nSPS) is 14.3.